The van der Waals surface area contributed by atoms with Crippen LogP contribution in [0.4, 0.5) is 11.4 Å². The minimum Gasteiger partial charge on any atom is -0.497 e. The molecule has 2 fully saturated rings. The van der Waals surface area contributed by atoms with Crippen LogP contribution in [0, 0.1) is 0 Å². The number of benzene rings is 2. The zero-order chi connectivity index (χ0) is 21.6. The molecule has 2 aromatic carbocycles. The Hall–Kier alpha value is -2.51. The first kappa shape index (κ1) is 20.4. The molecule has 2 aromatic rings. The van der Waals surface area contributed by atoms with Crippen LogP contribution in [0.2, 0.25) is 0 Å². The molecule has 6 nitrogen and oxygen atoms in total. The van der Waals surface area contributed by atoms with E-state index in [9.17, 15) is 9.59 Å². The maximum absolute atomic E-state index is 14.1. The van der Waals surface area contributed by atoms with Crippen molar-refractivity contribution in [2.24, 2.45) is 0 Å². The summed E-state index contributed by atoms with van der Waals surface area (Å²) in [4.78, 5) is 32.4. The van der Waals surface area contributed by atoms with Crippen molar-refractivity contribution in [1.82, 2.24) is 4.90 Å². The number of anilines is 2. The Morgan fingerprint density at radius 3 is 2.45 bits per heavy atom. The van der Waals surface area contributed by atoms with Crippen molar-refractivity contribution in [3.63, 3.8) is 0 Å². The second kappa shape index (κ2) is 7.88. The Bertz CT molecular complexity index is 1010. The molecular formula is C24H27N3O3S. The minimum atomic E-state index is -1.07. The Morgan fingerprint density at radius 1 is 1.03 bits per heavy atom. The number of hydrogen-bond acceptors (Lipinski definition) is 5. The molecule has 2 saturated heterocycles. The normalized spacial score (nSPS) is 26.1. The number of hydrogen-bond donors (Lipinski definition) is 0. The molecule has 0 radical (unpaired) electrons. The summed E-state index contributed by atoms with van der Waals surface area (Å²) >= 11 is 1.45. The van der Waals surface area contributed by atoms with Crippen molar-refractivity contribution in [1.29, 1.82) is 0 Å². The molecule has 1 spiro atoms. The van der Waals surface area contributed by atoms with Gasteiger partial charge in [0.15, 0.2) is 0 Å². The summed E-state index contributed by atoms with van der Waals surface area (Å²) in [5, 5.41) is -0.311. The van der Waals surface area contributed by atoms with Gasteiger partial charge in [0.25, 0.3) is 5.91 Å². The van der Waals surface area contributed by atoms with E-state index in [1.54, 1.807) is 12.0 Å². The van der Waals surface area contributed by atoms with E-state index in [2.05, 4.69) is 4.90 Å². The van der Waals surface area contributed by atoms with E-state index in [4.69, 9.17) is 4.74 Å². The van der Waals surface area contributed by atoms with Gasteiger partial charge in [-0.2, -0.15) is 0 Å². The van der Waals surface area contributed by atoms with Gasteiger partial charge in [0, 0.05) is 11.3 Å². The quantitative estimate of drug-likeness (QED) is 0.728. The molecule has 0 aromatic heterocycles. The number of piperidine rings is 1. The van der Waals surface area contributed by atoms with Gasteiger partial charge in [-0.15, -0.1) is 11.8 Å². The number of carbonyl (C=O) groups excluding carboxylic acids is 2. The van der Waals surface area contributed by atoms with Crippen LogP contribution in [0.5, 0.6) is 5.75 Å². The molecule has 0 N–H and O–H groups in total. The molecule has 7 heteroatoms. The van der Waals surface area contributed by atoms with Crippen LogP contribution >= 0.6 is 11.8 Å². The number of fused-ring (bicyclic) bond motifs is 2. The number of methoxy groups -OCH3 is 1. The first-order chi connectivity index (χ1) is 15.1. The van der Waals surface area contributed by atoms with Gasteiger partial charge in [-0.3, -0.25) is 24.3 Å². The van der Waals surface area contributed by atoms with E-state index in [1.807, 2.05) is 60.4 Å². The summed E-state index contributed by atoms with van der Waals surface area (Å²) in [6.45, 7) is 4.46. The largest absolute Gasteiger partial charge is 0.497 e. The highest BCUT2D eigenvalue weighted by molar-refractivity contribution is 8.03. The first-order valence-electron chi connectivity index (χ1n) is 10.9. The molecule has 0 saturated carbocycles. The fourth-order valence-electron chi connectivity index (χ4n) is 4.91. The van der Waals surface area contributed by atoms with E-state index >= 15 is 0 Å². The maximum Gasteiger partial charge on any atom is 0.269 e. The fraction of sp³-hybridized carbons (Fsp3) is 0.417. The lowest BCUT2D eigenvalue weighted by Gasteiger charge is -2.35. The summed E-state index contributed by atoms with van der Waals surface area (Å²) < 4.78 is 5.29. The predicted octanol–water partition coefficient (Wildman–Crippen LogP) is 3.81. The van der Waals surface area contributed by atoms with Crippen molar-refractivity contribution in [3.05, 3.63) is 54.1 Å². The average molecular weight is 438 g/mol. The Balaban J connectivity index is 1.60. The molecule has 2 atom stereocenters. The van der Waals surface area contributed by atoms with Crippen molar-refractivity contribution >= 4 is 35.0 Å². The van der Waals surface area contributed by atoms with Crippen molar-refractivity contribution < 1.29 is 14.3 Å². The van der Waals surface area contributed by atoms with Crippen LogP contribution in [0.25, 0.3) is 0 Å². The van der Waals surface area contributed by atoms with E-state index in [1.165, 1.54) is 18.2 Å². The molecule has 3 heterocycles. The number of carbonyl (C=O) groups is 2. The van der Waals surface area contributed by atoms with Gasteiger partial charge in [-0.05, 0) is 63.2 Å². The first-order valence-corrected chi connectivity index (χ1v) is 11.7. The van der Waals surface area contributed by atoms with Crippen molar-refractivity contribution in [2.45, 2.75) is 36.3 Å². The van der Waals surface area contributed by atoms with E-state index in [-0.39, 0.29) is 17.1 Å². The summed E-state index contributed by atoms with van der Waals surface area (Å²) in [7, 11) is 1.62. The van der Waals surface area contributed by atoms with Gasteiger partial charge in [0.05, 0.1) is 24.7 Å². The van der Waals surface area contributed by atoms with Gasteiger partial charge in [0.1, 0.15) is 5.75 Å². The molecule has 0 aliphatic carbocycles. The molecule has 5 rings (SSSR count). The second-order valence-corrected chi connectivity index (χ2v) is 9.88. The van der Waals surface area contributed by atoms with Gasteiger partial charge in [-0.1, -0.05) is 24.6 Å². The number of nitrogens with zero attached hydrogens (tertiary/aromatic N) is 3. The van der Waals surface area contributed by atoms with Crippen LogP contribution in [0.15, 0.2) is 48.5 Å². The Labute approximate surface area is 187 Å². The number of rotatable bonds is 4. The van der Waals surface area contributed by atoms with Crippen LogP contribution in [-0.4, -0.2) is 48.8 Å². The number of ether oxygens (including phenoxy) is 1. The highest BCUT2D eigenvalue weighted by atomic mass is 32.2. The highest BCUT2D eigenvalue weighted by Crippen LogP contribution is 2.57. The zero-order valence-electron chi connectivity index (χ0n) is 17.9. The van der Waals surface area contributed by atoms with Crippen LogP contribution < -0.4 is 14.5 Å². The fourth-order valence-corrected chi connectivity index (χ4v) is 6.44. The molecule has 3 aliphatic rings. The monoisotopic (exact) mass is 437 g/mol. The third kappa shape index (κ3) is 3.13. The van der Waals surface area contributed by atoms with E-state index in [0.717, 1.165) is 42.9 Å². The smallest absolute Gasteiger partial charge is 0.269 e. The SMILES string of the molecule is COc1ccc(N2C(=O)C(C)SC23C(=O)N(CN2CCCCC2)c2ccccc23)cc1. The molecule has 31 heavy (non-hydrogen) atoms. The van der Waals surface area contributed by atoms with Crippen LogP contribution in [0.1, 0.15) is 31.7 Å². The van der Waals surface area contributed by atoms with E-state index < -0.39 is 4.87 Å². The molecule has 3 aliphatic heterocycles. The number of amides is 2. The number of para-hydroxylation sites is 1. The zero-order valence-corrected chi connectivity index (χ0v) is 18.7. The van der Waals surface area contributed by atoms with Crippen LogP contribution in [-0.2, 0) is 14.5 Å². The van der Waals surface area contributed by atoms with Crippen molar-refractivity contribution in [2.75, 3.05) is 36.7 Å². The van der Waals surface area contributed by atoms with Gasteiger partial charge in [-0.25, -0.2) is 0 Å². The third-order valence-corrected chi connectivity index (χ3v) is 7.92. The summed E-state index contributed by atoms with van der Waals surface area (Å²) in [6, 6.07) is 15.3. The summed E-state index contributed by atoms with van der Waals surface area (Å²) in [5.74, 6) is 0.644. The molecule has 2 amide bonds. The minimum absolute atomic E-state index is 0.0298. The highest BCUT2D eigenvalue weighted by Gasteiger charge is 2.63. The Kier molecular flexibility index (Phi) is 5.18. The van der Waals surface area contributed by atoms with Gasteiger partial charge < -0.3 is 4.74 Å². The van der Waals surface area contributed by atoms with Gasteiger partial charge >= 0.3 is 0 Å². The molecule has 162 valence electrons. The van der Waals surface area contributed by atoms with E-state index in [0.29, 0.717) is 12.4 Å². The predicted molar refractivity (Wildman–Crippen MR) is 123 cm³/mol. The van der Waals surface area contributed by atoms with Crippen molar-refractivity contribution in [3.8, 4) is 5.75 Å². The number of likely N-dealkylation sites (tertiary alicyclic amines) is 1. The summed E-state index contributed by atoms with van der Waals surface area (Å²) in [6.07, 6.45) is 3.58. The summed E-state index contributed by atoms with van der Waals surface area (Å²) in [5.41, 5.74) is 2.52. The lowest BCUT2D eigenvalue weighted by molar-refractivity contribution is -0.124. The standard InChI is InChI=1S/C24H27N3O3S/c1-17-22(28)27(18-10-12-19(30-2)13-11-18)24(31-17)20-8-4-5-9-21(20)26(23(24)29)16-25-14-6-3-7-15-25/h4-5,8-13,17H,3,6-7,14-16H2,1-2H3. The molecule has 0 bridgehead atoms. The lowest BCUT2D eigenvalue weighted by Crippen LogP contribution is -2.52. The lowest BCUT2D eigenvalue weighted by atomic mass is 10.0. The second-order valence-electron chi connectivity index (χ2n) is 8.35. The van der Waals surface area contributed by atoms with Gasteiger partial charge in [0.2, 0.25) is 10.8 Å². The maximum atomic E-state index is 14.1. The Morgan fingerprint density at radius 2 is 1.74 bits per heavy atom. The number of thioether (sulfide) groups is 1. The molecular weight excluding hydrogens is 410 g/mol. The van der Waals surface area contributed by atoms with Crippen LogP contribution in [0.3, 0.4) is 0 Å². The topological polar surface area (TPSA) is 53.1 Å². The third-order valence-electron chi connectivity index (χ3n) is 6.45. The average Bonchev–Trinajstić information content (AvgIpc) is 3.20. The molecule has 2 unspecified atom stereocenters.